The Labute approximate surface area is 128 Å². The van der Waals surface area contributed by atoms with E-state index in [0.29, 0.717) is 12.0 Å². The van der Waals surface area contributed by atoms with Crippen LogP contribution >= 0.6 is 0 Å². The van der Waals surface area contributed by atoms with Crippen LogP contribution in [0.4, 0.5) is 0 Å². The van der Waals surface area contributed by atoms with Crippen LogP contribution in [0.25, 0.3) is 10.4 Å². The van der Waals surface area contributed by atoms with E-state index in [2.05, 4.69) is 10.0 Å². The smallest absolute Gasteiger partial charge is 0.254 e. The van der Waals surface area contributed by atoms with E-state index in [1.54, 1.807) is 13.1 Å². The first-order chi connectivity index (χ1) is 10.4. The molecule has 9 nitrogen and oxygen atoms in total. The molecule has 9 heteroatoms. The average molecular weight is 311 g/mol. The SMILES string of the molecule is CC1=CN([C@H]2CC(N=[N+]=[N-])[C@@H](CO)O2)C(O)N(C(C)C)C1=O. The Kier molecular flexibility index (Phi) is 4.92. The number of ether oxygens (including phenoxy) is 1. The van der Waals surface area contributed by atoms with Crippen LogP contribution in [0.5, 0.6) is 0 Å². The molecular formula is C13H21N5O4. The molecule has 0 radical (unpaired) electrons. The largest absolute Gasteiger partial charge is 0.394 e. The first-order valence-electron chi connectivity index (χ1n) is 7.17. The lowest BCUT2D eigenvalue weighted by molar-refractivity contribution is -0.186. The molecule has 0 bridgehead atoms. The Morgan fingerprint density at radius 3 is 2.82 bits per heavy atom. The van der Waals surface area contributed by atoms with Gasteiger partial charge in [-0.1, -0.05) is 5.11 Å². The standard InChI is InChI=1S/C13H21N5O4/c1-7(2)18-12(20)8(3)5-17(13(18)21)11-4-9(15-16-14)10(6-19)22-11/h5,7,9-11,13,19,21H,4,6H2,1-3H3/t9?,10-,11-,13?/m1/s1. The first-order valence-corrected chi connectivity index (χ1v) is 7.17. The Balaban J connectivity index is 2.25. The molecule has 0 saturated carbocycles. The molecule has 0 aromatic carbocycles. The lowest BCUT2D eigenvalue weighted by Gasteiger charge is -2.43. The lowest BCUT2D eigenvalue weighted by Crippen LogP contribution is -2.58. The molecule has 1 amide bonds. The van der Waals surface area contributed by atoms with Crippen LogP contribution in [0, 0.1) is 0 Å². The van der Waals surface area contributed by atoms with Crippen molar-refractivity contribution in [3.8, 4) is 0 Å². The highest BCUT2D eigenvalue weighted by Gasteiger charge is 2.43. The van der Waals surface area contributed by atoms with Gasteiger partial charge in [-0.15, -0.1) is 0 Å². The second kappa shape index (κ2) is 6.53. The fraction of sp³-hybridized carbons (Fsp3) is 0.769. The molecule has 0 aliphatic carbocycles. The predicted molar refractivity (Wildman–Crippen MR) is 76.9 cm³/mol. The van der Waals surface area contributed by atoms with Crippen molar-refractivity contribution in [2.45, 2.75) is 58.0 Å². The minimum Gasteiger partial charge on any atom is -0.394 e. The van der Waals surface area contributed by atoms with Crippen molar-refractivity contribution in [1.29, 1.82) is 0 Å². The van der Waals surface area contributed by atoms with Gasteiger partial charge in [0.1, 0.15) is 6.23 Å². The van der Waals surface area contributed by atoms with Crippen molar-refractivity contribution < 1.29 is 19.7 Å². The van der Waals surface area contributed by atoms with E-state index < -0.39 is 24.7 Å². The van der Waals surface area contributed by atoms with Gasteiger partial charge < -0.3 is 19.8 Å². The van der Waals surface area contributed by atoms with Crippen molar-refractivity contribution in [2.24, 2.45) is 5.11 Å². The van der Waals surface area contributed by atoms with Crippen molar-refractivity contribution in [1.82, 2.24) is 9.80 Å². The Morgan fingerprint density at radius 2 is 2.27 bits per heavy atom. The van der Waals surface area contributed by atoms with Crippen LogP contribution in [0.2, 0.25) is 0 Å². The molecule has 2 N–H and O–H groups in total. The minimum atomic E-state index is -1.16. The Bertz CT molecular complexity index is 517. The summed E-state index contributed by atoms with van der Waals surface area (Å²) in [7, 11) is 0. The van der Waals surface area contributed by atoms with Crippen molar-refractivity contribution in [3.63, 3.8) is 0 Å². The topological polar surface area (TPSA) is 122 Å². The first kappa shape index (κ1) is 16.6. The molecule has 122 valence electrons. The number of azide groups is 1. The van der Waals surface area contributed by atoms with Crippen molar-refractivity contribution in [2.75, 3.05) is 6.61 Å². The second-order valence-electron chi connectivity index (χ2n) is 5.73. The quantitative estimate of drug-likeness (QED) is 0.445. The van der Waals surface area contributed by atoms with Gasteiger partial charge in [0.2, 0.25) is 6.35 Å². The molecule has 2 unspecified atom stereocenters. The molecule has 0 spiro atoms. The highest BCUT2D eigenvalue weighted by atomic mass is 16.5. The number of hydrogen-bond donors (Lipinski definition) is 2. The number of aliphatic hydroxyl groups excluding tert-OH is 2. The van der Waals surface area contributed by atoms with Crippen LogP contribution in [-0.2, 0) is 9.53 Å². The van der Waals surface area contributed by atoms with Gasteiger partial charge in [-0.05, 0) is 26.3 Å². The monoisotopic (exact) mass is 311 g/mol. The number of hydrogen-bond acceptors (Lipinski definition) is 6. The average Bonchev–Trinajstić information content (AvgIpc) is 2.86. The van der Waals surface area contributed by atoms with E-state index in [4.69, 9.17) is 10.3 Å². The number of carbonyl (C=O) groups is 1. The van der Waals surface area contributed by atoms with Gasteiger partial charge in [-0.2, -0.15) is 0 Å². The van der Waals surface area contributed by atoms with Gasteiger partial charge in [-0.25, -0.2) is 0 Å². The Hall–Kier alpha value is -1.80. The molecule has 2 rings (SSSR count). The number of rotatable bonds is 4. The van der Waals surface area contributed by atoms with Gasteiger partial charge in [0.15, 0.2) is 0 Å². The van der Waals surface area contributed by atoms with Crippen LogP contribution in [-0.4, -0.2) is 63.3 Å². The molecule has 22 heavy (non-hydrogen) atoms. The van der Waals surface area contributed by atoms with Crippen LogP contribution in [0.15, 0.2) is 16.9 Å². The molecule has 1 fully saturated rings. The summed E-state index contributed by atoms with van der Waals surface area (Å²) in [5.41, 5.74) is 9.06. The number of amides is 1. The highest BCUT2D eigenvalue weighted by Crippen LogP contribution is 2.31. The third-order valence-corrected chi connectivity index (χ3v) is 3.90. The van der Waals surface area contributed by atoms with Crippen LogP contribution in [0.1, 0.15) is 27.2 Å². The highest BCUT2D eigenvalue weighted by molar-refractivity contribution is 5.93. The maximum absolute atomic E-state index is 12.1. The molecule has 2 aliphatic heterocycles. The van der Waals surface area contributed by atoms with E-state index in [9.17, 15) is 15.0 Å². The van der Waals surface area contributed by atoms with Gasteiger partial charge in [-0.3, -0.25) is 9.69 Å². The molecule has 0 aromatic rings. The minimum absolute atomic E-state index is 0.184. The molecule has 1 saturated heterocycles. The summed E-state index contributed by atoms with van der Waals surface area (Å²) in [4.78, 5) is 17.8. The van der Waals surface area contributed by atoms with E-state index >= 15 is 0 Å². The summed E-state index contributed by atoms with van der Waals surface area (Å²) in [6, 6.07) is -0.692. The van der Waals surface area contributed by atoms with Gasteiger partial charge in [0.25, 0.3) is 5.91 Å². The summed E-state index contributed by atoms with van der Waals surface area (Å²) in [6.45, 7) is 5.01. The number of carbonyl (C=O) groups excluding carboxylic acids is 1. The Morgan fingerprint density at radius 1 is 1.59 bits per heavy atom. The second-order valence-corrected chi connectivity index (χ2v) is 5.73. The summed E-state index contributed by atoms with van der Waals surface area (Å²) in [5, 5.41) is 23.4. The number of aliphatic hydroxyl groups is 2. The van der Waals surface area contributed by atoms with Gasteiger partial charge in [0.05, 0.1) is 18.8 Å². The van der Waals surface area contributed by atoms with Gasteiger partial charge >= 0.3 is 0 Å². The zero-order valence-corrected chi connectivity index (χ0v) is 12.8. The lowest BCUT2D eigenvalue weighted by atomic mass is 10.1. The zero-order chi connectivity index (χ0) is 16.4. The van der Waals surface area contributed by atoms with Gasteiger partial charge in [0, 0.05) is 29.1 Å². The predicted octanol–water partition coefficient (Wildman–Crippen LogP) is 0.505. The normalized spacial score (nSPS) is 32.3. The molecule has 2 aliphatic rings. The van der Waals surface area contributed by atoms with E-state index in [1.807, 2.05) is 13.8 Å². The molecule has 2 heterocycles. The van der Waals surface area contributed by atoms with E-state index in [0.717, 1.165) is 0 Å². The summed E-state index contributed by atoms with van der Waals surface area (Å²) in [5.74, 6) is -0.234. The summed E-state index contributed by atoms with van der Waals surface area (Å²) in [6.07, 6.45) is -0.482. The van der Waals surface area contributed by atoms with Crippen LogP contribution in [0.3, 0.4) is 0 Å². The summed E-state index contributed by atoms with van der Waals surface area (Å²) >= 11 is 0. The molecular weight excluding hydrogens is 290 g/mol. The summed E-state index contributed by atoms with van der Waals surface area (Å²) < 4.78 is 5.67. The third-order valence-electron chi connectivity index (χ3n) is 3.90. The fourth-order valence-electron chi connectivity index (χ4n) is 2.78. The third kappa shape index (κ3) is 2.89. The van der Waals surface area contributed by atoms with E-state index in [-0.39, 0.29) is 18.6 Å². The maximum atomic E-state index is 12.1. The van der Waals surface area contributed by atoms with E-state index in [1.165, 1.54) is 9.80 Å². The fourth-order valence-corrected chi connectivity index (χ4v) is 2.78. The van der Waals surface area contributed by atoms with Crippen molar-refractivity contribution in [3.05, 3.63) is 22.2 Å². The molecule has 0 aromatic heterocycles. The van der Waals surface area contributed by atoms with Crippen molar-refractivity contribution >= 4 is 5.91 Å². The molecule has 4 atom stereocenters. The number of nitrogens with zero attached hydrogens (tertiary/aromatic N) is 5. The maximum Gasteiger partial charge on any atom is 0.254 e. The van der Waals surface area contributed by atoms with Crippen LogP contribution < -0.4 is 0 Å². The zero-order valence-electron chi connectivity index (χ0n) is 12.8.